The summed E-state index contributed by atoms with van der Waals surface area (Å²) >= 11 is 0. The molecule has 1 rings (SSSR count). The molecule has 1 heterocycles. The largest absolute Gasteiger partial charge is 0.457 e. The SMILES string of the molecule is CCOC(C(F)(F)N1CCOCC1)(C(F)(F)C(F)(F)F)C(F)(F)C(F)(F)F. The second-order valence-electron chi connectivity index (χ2n) is 5.40. The molecule has 0 radical (unpaired) electrons. The first-order valence-corrected chi connectivity index (χ1v) is 7.15. The Kier molecular flexibility index (Phi) is 6.36. The lowest BCUT2D eigenvalue weighted by Crippen LogP contribution is -2.81. The van der Waals surface area contributed by atoms with Crippen LogP contribution in [-0.2, 0) is 9.47 Å². The van der Waals surface area contributed by atoms with Gasteiger partial charge in [0.2, 0.25) is 0 Å². The van der Waals surface area contributed by atoms with E-state index in [0.717, 1.165) is 0 Å². The molecule has 0 aromatic carbocycles. The molecule has 15 heteroatoms. The van der Waals surface area contributed by atoms with Crippen molar-refractivity contribution in [1.29, 1.82) is 0 Å². The van der Waals surface area contributed by atoms with Gasteiger partial charge in [0.25, 0.3) is 5.60 Å². The summed E-state index contributed by atoms with van der Waals surface area (Å²) in [5, 5.41) is 0. The summed E-state index contributed by atoms with van der Waals surface area (Å²) in [5.41, 5.74) is -6.62. The summed E-state index contributed by atoms with van der Waals surface area (Å²) in [5.74, 6) is -14.6. The fourth-order valence-corrected chi connectivity index (χ4v) is 2.53. The van der Waals surface area contributed by atoms with Gasteiger partial charge in [0.15, 0.2) is 0 Å². The van der Waals surface area contributed by atoms with E-state index in [1.165, 1.54) is 0 Å². The Morgan fingerprint density at radius 2 is 1.11 bits per heavy atom. The molecule has 0 atom stereocenters. The number of morpholine rings is 1. The smallest absolute Gasteiger partial charge is 0.379 e. The van der Waals surface area contributed by atoms with Crippen LogP contribution in [0.25, 0.3) is 0 Å². The Bertz CT molecular complexity index is 483. The first kappa shape index (κ1) is 24.1. The molecule has 1 fully saturated rings. The van der Waals surface area contributed by atoms with Gasteiger partial charge in [-0.2, -0.15) is 52.7 Å². The minimum Gasteiger partial charge on any atom is -0.379 e. The summed E-state index contributed by atoms with van der Waals surface area (Å²) < 4.78 is 170. The molecule has 3 nitrogen and oxygen atoms in total. The van der Waals surface area contributed by atoms with Crippen molar-refractivity contribution < 1.29 is 62.2 Å². The third-order valence-corrected chi connectivity index (χ3v) is 3.79. The quantitative estimate of drug-likeness (QED) is 0.468. The Balaban J connectivity index is 3.88. The highest BCUT2D eigenvalue weighted by atomic mass is 19.4. The maximum atomic E-state index is 14.7. The second kappa shape index (κ2) is 7.13. The molecule has 27 heavy (non-hydrogen) atoms. The molecule has 0 spiro atoms. The van der Waals surface area contributed by atoms with E-state index in [1.54, 1.807) is 0 Å². The lowest BCUT2D eigenvalue weighted by atomic mass is 9.82. The molecule has 0 saturated carbocycles. The number of hydrogen-bond donors (Lipinski definition) is 0. The monoisotopic (exact) mass is 431 g/mol. The van der Waals surface area contributed by atoms with Crippen LogP contribution in [0.4, 0.5) is 52.7 Å². The highest BCUT2D eigenvalue weighted by Crippen LogP contribution is 2.62. The number of halogens is 12. The third kappa shape index (κ3) is 3.45. The van der Waals surface area contributed by atoms with Gasteiger partial charge in [0.1, 0.15) is 0 Å². The molecule has 1 aliphatic heterocycles. The molecule has 0 amide bonds. The van der Waals surface area contributed by atoms with Crippen LogP contribution in [0.3, 0.4) is 0 Å². The minimum absolute atomic E-state index is 0.420. The number of ether oxygens (including phenoxy) is 2. The zero-order chi connectivity index (χ0) is 21.5. The van der Waals surface area contributed by atoms with Crippen LogP contribution in [0.15, 0.2) is 0 Å². The summed E-state index contributed by atoms with van der Waals surface area (Å²) in [7, 11) is 0. The van der Waals surface area contributed by atoms with E-state index >= 15 is 0 Å². The average molecular weight is 431 g/mol. The molecule has 0 unspecified atom stereocenters. The molecule has 0 bridgehead atoms. The first-order chi connectivity index (χ1) is 11.9. The number of alkyl halides is 12. The van der Waals surface area contributed by atoms with Gasteiger partial charge in [-0.3, -0.25) is 0 Å². The maximum Gasteiger partial charge on any atom is 0.457 e. The second-order valence-corrected chi connectivity index (χ2v) is 5.40. The van der Waals surface area contributed by atoms with Crippen molar-refractivity contribution in [1.82, 2.24) is 4.90 Å². The predicted octanol–water partition coefficient (Wildman–Crippen LogP) is 4.08. The molecule has 0 aromatic rings. The lowest BCUT2D eigenvalue weighted by molar-refractivity contribution is -0.484. The van der Waals surface area contributed by atoms with Crippen LogP contribution in [-0.4, -0.2) is 73.7 Å². The fourth-order valence-electron chi connectivity index (χ4n) is 2.53. The summed E-state index contributed by atoms with van der Waals surface area (Å²) in [4.78, 5) is -0.675. The van der Waals surface area contributed by atoms with Crippen molar-refractivity contribution in [2.45, 2.75) is 42.8 Å². The van der Waals surface area contributed by atoms with E-state index in [2.05, 4.69) is 9.47 Å². The molecule has 0 N–H and O–H groups in total. The predicted molar refractivity (Wildman–Crippen MR) is 63.7 cm³/mol. The van der Waals surface area contributed by atoms with Crippen LogP contribution in [0.1, 0.15) is 6.92 Å². The molecular weight excluding hydrogens is 418 g/mol. The molecule has 1 aliphatic rings. The Morgan fingerprint density at radius 1 is 0.741 bits per heavy atom. The maximum absolute atomic E-state index is 14.7. The first-order valence-electron chi connectivity index (χ1n) is 7.15. The summed E-state index contributed by atoms with van der Waals surface area (Å²) in [6.07, 6.45) is -14.4. The van der Waals surface area contributed by atoms with E-state index in [1.807, 2.05) is 0 Å². The normalized spacial score (nSPS) is 19.4. The van der Waals surface area contributed by atoms with Crippen LogP contribution in [0, 0.1) is 0 Å². The minimum atomic E-state index is -7.29. The lowest BCUT2D eigenvalue weighted by Gasteiger charge is -2.51. The van der Waals surface area contributed by atoms with Gasteiger partial charge in [0.05, 0.1) is 13.2 Å². The van der Waals surface area contributed by atoms with Crippen molar-refractivity contribution in [2.24, 2.45) is 0 Å². The van der Waals surface area contributed by atoms with E-state index in [9.17, 15) is 52.7 Å². The van der Waals surface area contributed by atoms with Crippen molar-refractivity contribution in [3.05, 3.63) is 0 Å². The van der Waals surface area contributed by atoms with Crippen molar-refractivity contribution >= 4 is 0 Å². The van der Waals surface area contributed by atoms with Crippen LogP contribution in [0.5, 0.6) is 0 Å². The van der Waals surface area contributed by atoms with E-state index < -0.39 is 73.7 Å². The van der Waals surface area contributed by atoms with Crippen LogP contribution >= 0.6 is 0 Å². The molecule has 0 aliphatic carbocycles. The van der Waals surface area contributed by atoms with Crippen molar-refractivity contribution in [2.75, 3.05) is 32.9 Å². The highest BCUT2D eigenvalue weighted by Gasteiger charge is 2.94. The van der Waals surface area contributed by atoms with Gasteiger partial charge in [0, 0.05) is 19.7 Å². The van der Waals surface area contributed by atoms with Gasteiger partial charge in [-0.25, -0.2) is 4.90 Å². The van der Waals surface area contributed by atoms with Crippen LogP contribution in [0.2, 0.25) is 0 Å². The third-order valence-electron chi connectivity index (χ3n) is 3.79. The van der Waals surface area contributed by atoms with Crippen molar-refractivity contribution in [3.63, 3.8) is 0 Å². The molecular formula is C12H13F12NO2. The summed E-state index contributed by atoms with van der Waals surface area (Å²) in [6.45, 7) is -5.15. The summed E-state index contributed by atoms with van der Waals surface area (Å²) in [6, 6.07) is -6.09. The number of rotatable bonds is 6. The Morgan fingerprint density at radius 3 is 1.41 bits per heavy atom. The Labute approximate surface area is 144 Å². The topological polar surface area (TPSA) is 21.7 Å². The number of hydrogen-bond acceptors (Lipinski definition) is 3. The van der Waals surface area contributed by atoms with Crippen LogP contribution < -0.4 is 0 Å². The van der Waals surface area contributed by atoms with Gasteiger partial charge in [-0.05, 0) is 6.92 Å². The zero-order valence-electron chi connectivity index (χ0n) is 13.3. The standard InChI is InChI=1S/C12H13F12NO2/c1-2-27-7(8(13,14)10(17,18)19,9(15,16)11(20,21)22)12(23,24)25-3-5-26-6-4-25/h2-6H2,1H3. The highest BCUT2D eigenvalue weighted by molar-refractivity contribution is 5.17. The van der Waals surface area contributed by atoms with E-state index in [-0.39, 0.29) is 0 Å². The van der Waals surface area contributed by atoms with Crippen molar-refractivity contribution in [3.8, 4) is 0 Å². The average Bonchev–Trinajstić information content (AvgIpc) is 2.50. The van der Waals surface area contributed by atoms with Gasteiger partial charge in [-0.15, -0.1) is 0 Å². The number of nitrogens with zero attached hydrogens (tertiary/aromatic N) is 1. The van der Waals surface area contributed by atoms with E-state index in [0.29, 0.717) is 6.92 Å². The molecule has 0 aromatic heterocycles. The van der Waals surface area contributed by atoms with E-state index in [4.69, 9.17) is 0 Å². The van der Waals surface area contributed by atoms with Gasteiger partial charge in [-0.1, -0.05) is 0 Å². The molecule has 162 valence electrons. The fraction of sp³-hybridized carbons (Fsp3) is 1.00. The van der Waals surface area contributed by atoms with Gasteiger partial charge < -0.3 is 9.47 Å². The zero-order valence-corrected chi connectivity index (χ0v) is 13.3. The molecule has 1 saturated heterocycles. The van der Waals surface area contributed by atoms with Gasteiger partial charge >= 0.3 is 30.2 Å². The Hall–Kier alpha value is -0.960.